The van der Waals surface area contributed by atoms with Crippen molar-refractivity contribution in [3.63, 3.8) is 0 Å². The average molecular weight is 316 g/mol. The van der Waals surface area contributed by atoms with Gasteiger partial charge in [-0.05, 0) is 49.3 Å². The lowest BCUT2D eigenvalue weighted by molar-refractivity contribution is -0.139. The van der Waals surface area contributed by atoms with Gasteiger partial charge in [-0.2, -0.15) is 0 Å². The molecule has 1 aromatic carbocycles. The van der Waals surface area contributed by atoms with Crippen LogP contribution >= 0.6 is 0 Å². The van der Waals surface area contributed by atoms with Crippen LogP contribution in [0.3, 0.4) is 0 Å². The lowest BCUT2D eigenvalue weighted by atomic mass is 9.79. The third kappa shape index (κ3) is 5.74. The molecule has 1 fully saturated rings. The molecule has 1 aliphatic rings. The summed E-state index contributed by atoms with van der Waals surface area (Å²) in [4.78, 5) is 11.2. The molecule has 1 saturated carbocycles. The molecule has 0 aliphatic heterocycles. The van der Waals surface area contributed by atoms with Crippen LogP contribution in [0, 0.1) is 5.92 Å². The molecule has 2 rings (SSSR count). The minimum Gasteiger partial charge on any atom is -0.493 e. The average Bonchev–Trinajstić information content (AvgIpc) is 2.55. The minimum absolute atomic E-state index is 0.337. The molecule has 0 unspecified atom stereocenters. The Hall–Kier alpha value is -1.77. The van der Waals surface area contributed by atoms with Gasteiger partial charge in [-0.1, -0.05) is 38.5 Å². The molecule has 0 bridgehead atoms. The maximum atomic E-state index is 11.2. The van der Waals surface area contributed by atoms with E-state index in [1.807, 2.05) is 12.1 Å². The predicted octanol–water partition coefficient (Wildman–Crippen LogP) is 4.87. The van der Waals surface area contributed by atoms with Crippen molar-refractivity contribution in [1.82, 2.24) is 0 Å². The molecule has 0 atom stereocenters. The van der Waals surface area contributed by atoms with Crippen molar-refractivity contribution < 1.29 is 14.3 Å². The van der Waals surface area contributed by atoms with Crippen LogP contribution in [0.25, 0.3) is 0 Å². The second-order valence-electron chi connectivity index (χ2n) is 6.64. The van der Waals surface area contributed by atoms with Gasteiger partial charge in [0.1, 0.15) is 5.75 Å². The number of hydrogen-bond donors (Lipinski definition) is 0. The fraction of sp³-hybridized carbons (Fsp3) is 0.550. The van der Waals surface area contributed by atoms with E-state index in [9.17, 15) is 4.79 Å². The van der Waals surface area contributed by atoms with E-state index in [4.69, 9.17) is 9.47 Å². The van der Waals surface area contributed by atoms with Crippen molar-refractivity contribution in [2.75, 3.05) is 13.2 Å². The predicted molar refractivity (Wildman–Crippen MR) is 92.7 cm³/mol. The molecule has 3 heteroatoms. The molecular weight excluding hydrogens is 288 g/mol. The highest BCUT2D eigenvalue weighted by Gasteiger charge is 2.19. The van der Waals surface area contributed by atoms with E-state index in [1.165, 1.54) is 31.2 Å². The second-order valence-corrected chi connectivity index (χ2v) is 6.64. The number of rotatable bonds is 7. The van der Waals surface area contributed by atoms with Gasteiger partial charge >= 0.3 is 5.97 Å². The summed E-state index contributed by atoms with van der Waals surface area (Å²) in [7, 11) is 0. The summed E-state index contributed by atoms with van der Waals surface area (Å²) < 4.78 is 10.7. The van der Waals surface area contributed by atoms with Crippen molar-refractivity contribution in [3.05, 3.63) is 42.0 Å². The zero-order valence-electron chi connectivity index (χ0n) is 14.3. The molecule has 23 heavy (non-hydrogen) atoms. The maximum Gasteiger partial charge on any atom is 0.333 e. The molecule has 0 spiro atoms. The van der Waals surface area contributed by atoms with Gasteiger partial charge in [0.15, 0.2) is 0 Å². The summed E-state index contributed by atoms with van der Waals surface area (Å²) in [5.41, 5.74) is 1.86. The van der Waals surface area contributed by atoms with Crippen LogP contribution in [0.1, 0.15) is 57.4 Å². The Bertz CT molecular complexity index is 510. The first-order chi connectivity index (χ1) is 11.1. The highest BCUT2D eigenvalue weighted by Crippen LogP contribution is 2.35. The Morgan fingerprint density at radius 1 is 1.13 bits per heavy atom. The number of esters is 1. The van der Waals surface area contributed by atoms with Crippen LogP contribution in [0.4, 0.5) is 0 Å². The zero-order chi connectivity index (χ0) is 16.7. The molecule has 0 heterocycles. The van der Waals surface area contributed by atoms with Gasteiger partial charge < -0.3 is 9.47 Å². The van der Waals surface area contributed by atoms with Crippen molar-refractivity contribution in [1.29, 1.82) is 0 Å². The second kappa shape index (κ2) is 8.76. The summed E-state index contributed by atoms with van der Waals surface area (Å²) in [6, 6.07) is 8.48. The minimum atomic E-state index is -0.337. The van der Waals surface area contributed by atoms with E-state index in [1.54, 1.807) is 6.92 Å². The third-order valence-corrected chi connectivity index (χ3v) is 4.51. The van der Waals surface area contributed by atoms with Crippen molar-refractivity contribution in [3.8, 4) is 5.75 Å². The van der Waals surface area contributed by atoms with Gasteiger partial charge in [-0.15, -0.1) is 0 Å². The van der Waals surface area contributed by atoms with E-state index >= 15 is 0 Å². The Labute approximate surface area is 139 Å². The molecule has 0 amide bonds. The fourth-order valence-electron chi connectivity index (χ4n) is 2.97. The van der Waals surface area contributed by atoms with E-state index in [0.29, 0.717) is 31.1 Å². The molecule has 126 valence electrons. The first-order valence-corrected chi connectivity index (χ1v) is 8.61. The third-order valence-electron chi connectivity index (χ3n) is 4.51. The van der Waals surface area contributed by atoms with Gasteiger partial charge in [0.2, 0.25) is 0 Å². The van der Waals surface area contributed by atoms with Crippen LogP contribution in [0.15, 0.2) is 36.4 Å². The van der Waals surface area contributed by atoms with Crippen molar-refractivity contribution >= 4 is 5.97 Å². The van der Waals surface area contributed by atoms with E-state index in [0.717, 1.165) is 11.7 Å². The summed E-state index contributed by atoms with van der Waals surface area (Å²) in [6.07, 6.45) is 5.96. The number of hydrogen-bond acceptors (Lipinski definition) is 3. The Kier molecular flexibility index (Phi) is 6.69. The number of carbonyl (C=O) groups is 1. The zero-order valence-corrected chi connectivity index (χ0v) is 14.3. The summed E-state index contributed by atoms with van der Waals surface area (Å²) in [5, 5.41) is 0. The fourth-order valence-corrected chi connectivity index (χ4v) is 2.97. The monoisotopic (exact) mass is 316 g/mol. The van der Waals surface area contributed by atoms with Crippen LogP contribution < -0.4 is 4.74 Å². The van der Waals surface area contributed by atoms with Gasteiger partial charge in [0, 0.05) is 12.0 Å². The van der Waals surface area contributed by atoms with Gasteiger partial charge in [-0.3, -0.25) is 0 Å². The molecular formula is C20H28O3. The Balaban J connectivity index is 1.69. The van der Waals surface area contributed by atoms with Gasteiger partial charge in [0.25, 0.3) is 0 Å². The SMILES string of the molecule is C=C(C)C(=O)OCCCOc1ccc(C2CCC(C)CC2)cc1. The summed E-state index contributed by atoms with van der Waals surface area (Å²) >= 11 is 0. The highest BCUT2D eigenvalue weighted by atomic mass is 16.5. The standard InChI is InChI=1S/C20H28O3/c1-15(2)20(21)23-14-4-13-22-19-11-9-18(10-12-19)17-7-5-16(3)6-8-17/h9-12,16-17H,1,4-8,13-14H2,2-3H3. The Morgan fingerprint density at radius 2 is 1.78 bits per heavy atom. The normalized spacial score (nSPS) is 20.8. The maximum absolute atomic E-state index is 11.2. The van der Waals surface area contributed by atoms with Crippen molar-refractivity contribution in [2.45, 2.75) is 51.9 Å². The van der Waals surface area contributed by atoms with E-state index in [2.05, 4.69) is 25.6 Å². The molecule has 3 nitrogen and oxygen atoms in total. The molecule has 1 aliphatic carbocycles. The number of ether oxygens (including phenoxy) is 2. The van der Waals surface area contributed by atoms with Gasteiger partial charge in [0.05, 0.1) is 13.2 Å². The number of carbonyl (C=O) groups excluding carboxylic acids is 1. The quantitative estimate of drug-likeness (QED) is 0.409. The molecule has 0 radical (unpaired) electrons. The number of benzene rings is 1. The molecule has 0 saturated heterocycles. The van der Waals surface area contributed by atoms with E-state index in [-0.39, 0.29) is 5.97 Å². The van der Waals surface area contributed by atoms with Crippen molar-refractivity contribution in [2.24, 2.45) is 5.92 Å². The lowest BCUT2D eigenvalue weighted by Crippen LogP contribution is -2.11. The Morgan fingerprint density at radius 3 is 2.39 bits per heavy atom. The first kappa shape index (κ1) is 17.6. The van der Waals surface area contributed by atoms with Crippen LogP contribution in [-0.4, -0.2) is 19.2 Å². The van der Waals surface area contributed by atoms with Crippen LogP contribution in [0.5, 0.6) is 5.75 Å². The topological polar surface area (TPSA) is 35.5 Å². The first-order valence-electron chi connectivity index (χ1n) is 8.61. The van der Waals surface area contributed by atoms with Crippen LogP contribution in [-0.2, 0) is 9.53 Å². The smallest absolute Gasteiger partial charge is 0.333 e. The summed E-state index contributed by atoms with van der Waals surface area (Å²) in [6.45, 7) is 8.45. The van der Waals surface area contributed by atoms with Gasteiger partial charge in [-0.25, -0.2) is 4.79 Å². The van der Waals surface area contributed by atoms with Crippen LogP contribution in [0.2, 0.25) is 0 Å². The molecule has 0 N–H and O–H groups in total. The highest BCUT2D eigenvalue weighted by molar-refractivity contribution is 5.86. The lowest BCUT2D eigenvalue weighted by Gasteiger charge is -2.26. The summed E-state index contributed by atoms with van der Waals surface area (Å²) in [5.74, 6) is 2.13. The van der Waals surface area contributed by atoms with E-state index < -0.39 is 0 Å². The molecule has 1 aromatic rings. The molecule has 0 aromatic heterocycles. The largest absolute Gasteiger partial charge is 0.493 e.